The summed E-state index contributed by atoms with van der Waals surface area (Å²) in [6.07, 6.45) is 9.25. The second-order valence-electron chi connectivity index (χ2n) is 3.47. The summed E-state index contributed by atoms with van der Waals surface area (Å²) in [5.74, 6) is 0. The second kappa shape index (κ2) is 2.61. The molecule has 0 N–H and O–H groups in total. The average Bonchev–Trinajstić information content (AvgIpc) is 2.13. The highest BCUT2D eigenvalue weighted by molar-refractivity contribution is 5.28. The largest absolute Gasteiger partial charge is 0.0844 e. The molecule has 1 rings (SSSR count). The van der Waals surface area contributed by atoms with Crippen LogP contribution in [-0.4, -0.2) is 0 Å². The SMILES string of the molecule is CCC=C1CC=CC1(C)C. The van der Waals surface area contributed by atoms with Crippen molar-refractivity contribution in [1.29, 1.82) is 0 Å². The normalized spacial score (nSPS) is 26.1. The number of rotatable bonds is 1. The molecule has 0 nitrogen and oxygen atoms in total. The summed E-state index contributed by atoms with van der Waals surface area (Å²) in [7, 11) is 0. The fourth-order valence-corrected chi connectivity index (χ4v) is 1.44. The smallest absolute Gasteiger partial charge is 0.00374 e. The maximum atomic E-state index is 2.35. The van der Waals surface area contributed by atoms with Gasteiger partial charge in [0.25, 0.3) is 0 Å². The van der Waals surface area contributed by atoms with E-state index in [9.17, 15) is 0 Å². The van der Waals surface area contributed by atoms with Gasteiger partial charge >= 0.3 is 0 Å². The zero-order chi connectivity index (χ0) is 7.61. The van der Waals surface area contributed by atoms with Crippen molar-refractivity contribution in [3.05, 3.63) is 23.8 Å². The molecule has 0 heteroatoms. The summed E-state index contributed by atoms with van der Waals surface area (Å²) in [6.45, 7) is 6.75. The molecular formula is C10H16. The van der Waals surface area contributed by atoms with Crippen molar-refractivity contribution >= 4 is 0 Å². The zero-order valence-electron chi connectivity index (χ0n) is 7.15. The van der Waals surface area contributed by atoms with Gasteiger partial charge in [-0.3, -0.25) is 0 Å². The molecule has 10 heavy (non-hydrogen) atoms. The lowest BCUT2D eigenvalue weighted by atomic mass is 9.87. The summed E-state index contributed by atoms with van der Waals surface area (Å²) in [5.41, 5.74) is 1.92. The van der Waals surface area contributed by atoms with Gasteiger partial charge in [0.05, 0.1) is 0 Å². The van der Waals surface area contributed by atoms with Gasteiger partial charge < -0.3 is 0 Å². The van der Waals surface area contributed by atoms with Crippen LogP contribution in [0.4, 0.5) is 0 Å². The van der Waals surface area contributed by atoms with E-state index >= 15 is 0 Å². The Bertz CT molecular complexity index is 170. The number of hydrogen-bond donors (Lipinski definition) is 0. The maximum Gasteiger partial charge on any atom is 0.00374 e. The van der Waals surface area contributed by atoms with E-state index in [1.54, 1.807) is 5.57 Å². The van der Waals surface area contributed by atoms with Crippen molar-refractivity contribution in [2.45, 2.75) is 33.6 Å². The van der Waals surface area contributed by atoms with E-state index in [1.165, 1.54) is 12.8 Å². The molecule has 0 aromatic rings. The lowest BCUT2D eigenvalue weighted by Crippen LogP contribution is -2.05. The fraction of sp³-hybridized carbons (Fsp3) is 0.600. The first kappa shape index (κ1) is 7.59. The Kier molecular flexibility index (Phi) is 1.98. The maximum absolute atomic E-state index is 2.35. The van der Waals surface area contributed by atoms with Crippen molar-refractivity contribution < 1.29 is 0 Å². The van der Waals surface area contributed by atoms with Crippen LogP contribution >= 0.6 is 0 Å². The molecule has 0 bridgehead atoms. The van der Waals surface area contributed by atoms with Crippen LogP contribution in [0.25, 0.3) is 0 Å². The van der Waals surface area contributed by atoms with Crippen LogP contribution in [-0.2, 0) is 0 Å². The number of allylic oxidation sites excluding steroid dienone is 4. The molecule has 0 atom stereocenters. The minimum atomic E-state index is 0.343. The van der Waals surface area contributed by atoms with E-state index in [2.05, 4.69) is 39.0 Å². The molecule has 0 heterocycles. The summed E-state index contributed by atoms with van der Waals surface area (Å²) in [5, 5.41) is 0. The molecule has 0 spiro atoms. The molecule has 56 valence electrons. The topological polar surface area (TPSA) is 0 Å². The monoisotopic (exact) mass is 136 g/mol. The van der Waals surface area contributed by atoms with Crippen LogP contribution in [0.15, 0.2) is 23.8 Å². The van der Waals surface area contributed by atoms with Gasteiger partial charge in [0.2, 0.25) is 0 Å². The Hall–Kier alpha value is -0.520. The highest BCUT2D eigenvalue weighted by atomic mass is 14.3. The summed E-state index contributed by atoms with van der Waals surface area (Å²) in [4.78, 5) is 0. The molecule has 0 aromatic heterocycles. The molecule has 1 aliphatic rings. The Morgan fingerprint density at radius 3 is 2.70 bits per heavy atom. The van der Waals surface area contributed by atoms with Gasteiger partial charge in [-0.25, -0.2) is 0 Å². The second-order valence-corrected chi connectivity index (χ2v) is 3.47. The average molecular weight is 136 g/mol. The minimum absolute atomic E-state index is 0.343. The van der Waals surface area contributed by atoms with Crippen molar-refractivity contribution in [1.82, 2.24) is 0 Å². The van der Waals surface area contributed by atoms with Crippen LogP contribution in [0.2, 0.25) is 0 Å². The van der Waals surface area contributed by atoms with Gasteiger partial charge in [-0.1, -0.05) is 44.6 Å². The molecule has 0 radical (unpaired) electrons. The lowest BCUT2D eigenvalue weighted by molar-refractivity contribution is 0.589. The predicted molar refractivity (Wildman–Crippen MR) is 45.9 cm³/mol. The Labute approximate surface area is 63.6 Å². The summed E-state index contributed by atoms with van der Waals surface area (Å²) in [6, 6.07) is 0. The summed E-state index contributed by atoms with van der Waals surface area (Å²) < 4.78 is 0. The van der Waals surface area contributed by atoms with E-state index in [-0.39, 0.29) is 0 Å². The molecule has 0 amide bonds. The third kappa shape index (κ3) is 1.31. The highest BCUT2D eigenvalue weighted by Crippen LogP contribution is 2.36. The van der Waals surface area contributed by atoms with E-state index in [4.69, 9.17) is 0 Å². The standard InChI is InChI=1S/C10H16/c1-4-6-9-7-5-8-10(9,2)3/h5-6,8H,4,7H2,1-3H3. The van der Waals surface area contributed by atoms with Crippen LogP contribution in [0, 0.1) is 5.41 Å². The van der Waals surface area contributed by atoms with Crippen molar-refractivity contribution in [2.75, 3.05) is 0 Å². The Morgan fingerprint density at radius 1 is 1.60 bits per heavy atom. The Morgan fingerprint density at radius 2 is 2.30 bits per heavy atom. The Balaban J connectivity index is 2.75. The van der Waals surface area contributed by atoms with Gasteiger partial charge in [0, 0.05) is 5.41 Å². The highest BCUT2D eigenvalue weighted by Gasteiger charge is 2.22. The van der Waals surface area contributed by atoms with Gasteiger partial charge in [0.1, 0.15) is 0 Å². The van der Waals surface area contributed by atoms with Gasteiger partial charge in [-0.2, -0.15) is 0 Å². The quantitative estimate of drug-likeness (QED) is 0.485. The zero-order valence-corrected chi connectivity index (χ0v) is 7.15. The van der Waals surface area contributed by atoms with Crippen LogP contribution < -0.4 is 0 Å². The molecule has 0 unspecified atom stereocenters. The van der Waals surface area contributed by atoms with Crippen LogP contribution in [0.5, 0.6) is 0 Å². The molecule has 0 saturated heterocycles. The lowest BCUT2D eigenvalue weighted by Gasteiger charge is -2.17. The molecule has 1 aliphatic carbocycles. The van der Waals surface area contributed by atoms with Crippen LogP contribution in [0.3, 0.4) is 0 Å². The molecule has 0 fully saturated rings. The first-order valence-corrected chi connectivity index (χ1v) is 4.04. The van der Waals surface area contributed by atoms with E-state index < -0.39 is 0 Å². The number of hydrogen-bond acceptors (Lipinski definition) is 0. The molecule has 0 aliphatic heterocycles. The van der Waals surface area contributed by atoms with Crippen molar-refractivity contribution in [2.24, 2.45) is 5.41 Å². The fourth-order valence-electron chi connectivity index (χ4n) is 1.44. The van der Waals surface area contributed by atoms with Gasteiger partial charge in [-0.05, 0) is 12.8 Å². The molecule has 0 saturated carbocycles. The third-order valence-electron chi connectivity index (χ3n) is 2.15. The first-order chi connectivity index (χ1) is 4.67. The van der Waals surface area contributed by atoms with E-state index in [0.29, 0.717) is 5.41 Å². The summed E-state index contributed by atoms with van der Waals surface area (Å²) >= 11 is 0. The van der Waals surface area contributed by atoms with Gasteiger partial charge in [0.15, 0.2) is 0 Å². The third-order valence-corrected chi connectivity index (χ3v) is 2.15. The van der Waals surface area contributed by atoms with Crippen molar-refractivity contribution in [3.63, 3.8) is 0 Å². The van der Waals surface area contributed by atoms with E-state index in [1.807, 2.05) is 0 Å². The minimum Gasteiger partial charge on any atom is -0.0844 e. The first-order valence-electron chi connectivity index (χ1n) is 4.04. The molecular weight excluding hydrogens is 120 g/mol. The van der Waals surface area contributed by atoms with E-state index in [0.717, 1.165) is 0 Å². The molecule has 0 aromatic carbocycles. The van der Waals surface area contributed by atoms with Crippen LogP contribution in [0.1, 0.15) is 33.6 Å². The predicted octanol–water partition coefficient (Wildman–Crippen LogP) is 3.31. The van der Waals surface area contributed by atoms with Gasteiger partial charge in [-0.15, -0.1) is 0 Å². The van der Waals surface area contributed by atoms with Crippen molar-refractivity contribution in [3.8, 4) is 0 Å².